The third kappa shape index (κ3) is 5.55. The number of rotatable bonds is 8. The predicted octanol–water partition coefficient (Wildman–Crippen LogP) is 3.04. The standard InChI is InChI=1S/C22H28N6O2S/c1-3-28-21(19-8-5-13-30-19)24-25-22(28)31-16-20(29)23-18-7-4-6-17(14-18)15-27-11-9-26(2)10-12-27/h4-8,13-14H,3,9-12,15-16H2,1-2H3,(H,23,29). The highest BCUT2D eigenvalue weighted by Gasteiger charge is 2.17. The van der Waals surface area contributed by atoms with E-state index in [0.717, 1.165) is 38.4 Å². The summed E-state index contributed by atoms with van der Waals surface area (Å²) in [4.78, 5) is 17.3. The molecule has 0 spiro atoms. The van der Waals surface area contributed by atoms with Gasteiger partial charge in [0.25, 0.3) is 0 Å². The van der Waals surface area contributed by atoms with Crippen molar-refractivity contribution < 1.29 is 9.21 Å². The average Bonchev–Trinajstić information content (AvgIpc) is 3.43. The molecule has 0 radical (unpaired) electrons. The summed E-state index contributed by atoms with van der Waals surface area (Å²) in [6.07, 6.45) is 1.61. The van der Waals surface area contributed by atoms with Gasteiger partial charge in [-0.1, -0.05) is 23.9 Å². The molecule has 3 heterocycles. The van der Waals surface area contributed by atoms with Crippen LogP contribution in [-0.2, 0) is 17.9 Å². The highest BCUT2D eigenvalue weighted by molar-refractivity contribution is 7.99. The van der Waals surface area contributed by atoms with Crippen LogP contribution in [-0.4, -0.2) is 69.5 Å². The van der Waals surface area contributed by atoms with E-state index >= 15 is 0 Å². The van der Waals surface area contributed by atoms with Crippen molar-refractivity contribution in [2.75, 3.05) is 44.3 Å². The van der Waals surface area contributed by atoms with Crippen molar-refractivity contribution >= 4 is 23.4 Å². The SMILES string of the molecule is CCn1c(SCC(=O)Nc2cccc(CN3CCN(C)CC3)c2)nnc1-c1ccco1. The number of carbonyl (C=O) groups is 1. The molecule has 9 heteroatoms. The second kappa shape index (κ2) is 10.1. The van der Waals surface area contributed by atoms with Crippen LogP contribution in [0.3, 0.4) is 0 Å². The summed E-state index contributed by atoms with van der Waals surface area (Å²) >= 11 is 1.37. The zero-order valence-electron chi connectivity index (χ0n) is 18.0. The molecule has 0 unspecified atom stereocenters. The zero-order valence-corrected chi connectivity index (χ0v) is 18.8. The fourth-order valence-corrected chi connectivity index (χ4v) is 4.41. The lowest BCUT2D eigenvalue weighted by atomic mass is 10.1. The third-order valence-corrected chi connectivity index (χ3v) is 6.29. The second-order valence-corrected chi connectivity index (χ2v) is 8.59. The molecule has 1 saturated heterocycles. The molecular weight excluding hydrogens is 412 g/mol. The van der Waals surface area contributed by atoms with Crippen LogP contribution >= 0.6 is 11.8 Å². The third-order valence-electron chi connectivity index (χ3n) is 5.32. The zero-order chi connectivity index (χ0) is 21.6. The molecule has 3 aromatic rings. The van der Waals surface area contributed by atoms with E-state index in [9.17, 15) is 4.79 Å². The van der Waals surface area contributed by atoms with E-state index in [1.807, 2.05) is 35.8 Å². The predicted molar refractivity (Wildman–Crippen MR) is 122 cm³/mol. The molecule has 1 N–H and O–H groups in total. The van der Waals surface area contributed by atoms with E-state index in [0.29, 0.717) is 23.3 Å². The van der Waals surface area contributed by atoms with Crippen molar-refractivity contribution in [2.24, 2.45) is 0 Å². The topological polar surface area (TPSA) is 79.4 Å². The smallest absolute Gasteiger partial charge is 0.234 e. The number of thioether (sulfide) groups is 1. The van der Waals surface area contributed by atoms with Gasteiger partial charge in [-0.2, -0.15) is 0 Å². The van der Waals surface area contributed by atoms with Crippen molar-refractivity contribution in [1.82, 2.24) is 24.6 Å². The summed E-state index contributed by atoms with van der Waals surface area (Å²) in [5.41, 5.74) is 2.04. The number of anilines is 1. The molecule has 1 amide bonds. The first kappa shape index (κ1) is 21.6. The Morgan fingerprint density at radius 3 is 2.74 bits per heavy atom. The molecular formula is C22H28N6O2S. The lowest BCUT2D eigenvalue weighted by molar-refractivity contribution is -0.113. The van der Waals surface area contributed by atoms with Gasteiger partial charge < -0.3 is 14.6 Å². The van der Waals surface area contributed by atoms with Crippen molar-refractivity contribution in [2.45, 2.75) is 25.2 Å². The molecule has 0 saturated carbocycles. The van der Waals surface area contributed by atoms with Crippen molar-refractivity contribution in [3.05, 3.63) is 48.2 Å². The number of hydrogen-bond donors (Lipinski definition) is 1. The van der Waals surface area contributed by atoms with Gasteiger partial charge in [-0.25, -0.2) is 0 Å². The Balaban J connectivity index is 1.32. The van der Waals surface area contributed by atoms with Crippen LogP contribution in [0.15, 0.2) is 52.2 Å². The van der Waals surface area contributed by atoms with Crippen LogP contribution in [0, 0.1) is 0 Å². The van der Waals surface area contributed by atoms with Crippen LogP contribution in [0.25, 0.3) is 11.6 Å². The molecule has 1 fully saturated rings. The molecule has 31 heavy (non-hydrogen) atoms. The monoisotopic (exact) mass is 440 g/mol. The second-order valence-electron chi connectivity index (χ2n) is 7.64. The number of nitrogens with one attached hydrogen (secondary N) is 1. The Labute approximate surface area is 186 Å². The van der Waals surface area contributed by atoms with Crippen molar-refractivity contribution in [3.63, 3.8) is 0 Å². The molecule has 1 aromatic carbocycles. The Bertz CT molecular complexity index is 995. The highest BCUT2D eigenvalue weighted by Crippen LogP contribution is 2.24. The van der Waals surface area contributed by atoms with Gasteiger partial charge in [0.15, 0.2) is 16.7 Å². The summed E-state index contributed by atoms with van der Waals surface area (Å²) < 4.78 is 7.38. The van der Waals surface area contributed by atoms with Crippen LogP contribution in [0.2, 0.25) is 0 Å². The van der Waals surface area contributed by atoms with Gasteiger partial charge in [0, 0.05) is 45.0 Å². The first-order valence-electron chi connectivity index (χ1n) is 10.5. The van der Waals surface area contributed by atoms with E-state index in [4.69, 9.17) is 4.42 Å². The number of furan rings is 1. The van der Waals surface area contributed by atoms with E-state index in [2.05, 4.69) is 44.5 Å². The largest absolute Gasteiger partial charge is 0.461 e. The molecule has 0 atom stereocenters. The van der Waals surface area contributed by atoms with Gasteiger partial charge in [-0.15, -0.1) is 10.2 Å². The number of nitrogens with zero attached hydrogens (tertiary/aromatic N) is 5. The van der Waals surface area contributed by atoms with Crippen molar-refractivity contribution in [3.8, 4) is 11.6 Å². The minimum atomic E-state index is -0.0630. The normalized spacial score (nSPS) is 15.3. The van der Waals surface area contributed by atoms with Gasteiger partial charge in [0.1, 0.15) is 0 Å². The van der Waals surface area contributed by atoms with Crippen LogP contribution in [0.5, 0.6) is 0 Å². The molecule has 2 aromatic heterocycles. The lowest BCUT2D eigenvalue weighted by Gasteiger charge is -2.32. The molecule has 8 nitrogen and oxygen atoms in total. The fraction of sp³-hybridized carbons (Fsp3) is 0.409. The minimum Gasteiger partial charge on any atom is -0.461 e. The van der Waals surface area contributed by atoms with E-state index in [1.165, 1.54) is 17.3 Å². The van der Waals surface area contributed by atoms with E-state index < -0.39 is 0 Å². The number of carbonyl (C=O) groups excluding carboxylic acids is 1. The van der Waals surface area contributed by atoms with E-state index in [-0.39, 0.29) is 11.7 Å². The van der Waals surface area contributed by atoms with Gasteiger partial charge in [0.05, 0.1) is 12.0 Å². The number of likely N-dealkylation sites (N-methyl/N-ethyl adjacent to an activating group) is 1. The maximum Gasteiger partial charge on any atom is 0.234 e. The molecule has 1 aliphatic rings. The first-order chi connectivity index (χ1) is 15.1. The quantitative estimate of drug-likeness (QED) is 0.539. The molecule has 0 bridgehead atoms. The molecule has 0 aliphatic carbocycles. The summed E-state index contributed by atoms with van der Waals surface area (Å²) in [5, 5.41) is 12.2. The van der Waals surface area contributed by atoms with Gasteiger partial charge >= 0.3 is 0 Å². The number of aromatic nitrogens is 3. The fourth-order valence-electron chi connectivity index (χ4n) is 3.61. The Hall–Kier alpha value is -2.62. The maximum atomic E-state index is 12.5. The number of benzene rings is 1. The minimum absolute atomic E-state index is 0.0630. The van der Waals surface area contributed by atoms with Gasteiger partial charge in [0.2, 0.25) is 5.91 Å². The summed E-state index contributed by atoms with van der Waals surface area (Å²) in [6, 6.07) is 11.8. The Morgan fingerprint density at radius 1 is 1.16 bits per heavy atom. The molecule has 164 valence electrons. The number of amides is 1. The van der Waals surface area contributed by atoms with Gasteiger partial charge in [-0.05, 0) is 43.8 Å². The van der Waals surface area contributed by atoms with Gasteiger partial charge in [-0.3, -0.25) is 14.3 Å². The summed E-state index contributed by atoms with van der Waals surface area (Å²) in [5.74, 6) is 1.54. The lowest BCUT2D eigenvalue weighted by Crippen LogP contribution is -2.43. The first-order valence-corrected chi connectivity index (χ1v) is 11.5. The molecule has 1 aliphatic heterocycles. The van der Waals surface area contributed by atoms with E-state index in [1.54, 1.807) is 6.26 Å². The summed E-state index contributed by atoms with van der Waals surface area (Å²) in [6.45, 7) is 7.95. The van der Waals surface area contributed by atoms with Crippen LogP contribution in [0.4, 0.5) is 5.69 Å². The highest BCUT2D eigenvalue weighted by atomic mass is 32.2. The Kier molecular flexibility index (Phi) is 7.06. The number of piperazine rings is 1. The van der Waals surface area contributed by atoms with Crippen LogP contribution in [0.1, 0.15) is 12.5 Å². The summed E-state index contributed by atoms with van der Waals surface area (Å²) in [7, 11) is 2.16. The molecule has 4 rings (SSSR count). The number of hydrogen-bond acceptors (Lipinski definition) is 7. The van der Waals surface area contributed by atoms with Crippen LogP contribution < -0.4 is 5.32 Å². The van der Waals surface area contributed by atoms with Crippen molar-refractivity contribution in [1.29, 1.82) is 0 Å². The Morgan fingerprint density at radius 2 is 2.00 bits per heavy atom. The maximum absolute atomic E-state index is 12.5. The average molecular weight is 441 g/mol.